The monoisotopic (exact) mass is 219 g/mol. The predicted octanol–water partition coefficient (Wildman–Crippen LogP) is 1.80. The minimum absolute atomic E-state index is 0.0400. The largest absolute Gasteiger partial charge is 0.345 e. The minimum Gasteiger partial charge on any atom is -0.345 e. The van der Waals surface area contributed by atoms with Gasteiger partial charge in [0.25, 0.3) is 0 Å². The van der Waals surface area contributed by atoms with Crippen LogP contribution in [0.2, 0.25) is 0 Å². The van der Waals surface area contributed by atoms with Crippen LogP contribution in [0.25, 0.3) is 0 Å². The third-order valence-electron chi connectivity index (χ3n) is 1.16. The van der Waals surface area contributed by atoms with Crippen molar-refractivity contribution in [3.8, 4) is 0 Å². The van der Waals surface area contributed by atoms with E-state index in [4.69, 9.17) is 0 Å². The fraction of sp³-hybridized carbons (Fsp3) is 0.625. The molecule has 0 saturated carbocycles. The maximum atomic E-state index is 10.9. The van der Waals surface area contributed by atoms with Crippen molar-refractivity contribution in [2.45, 2.75) is 18.2 Å². The molecule has 0 saturated heterocycles. The summed E-state index contributed by atoms with van der Waals surface area (Å²) in [6, 6.07) is 0. The molecule has 0 aromatic heterocycles. The fourth-order valence-electron chi connectivity index (χ4n) is 0.505. The van der Waals surface area contributed by atoms with Crippen molar-refractivity contribution in [1.82, 2.24) is 4.90 Å². The standard InChI is InChI=1S/C8H14BrNO/c1-7(9)5-4-6-8(11)10(2)3/h4,6-7H,5H2,1-3H3/b6-4+. The number of allylic oxidation sites excluding steroid dienone is 1. The Morgan fingerprint density at radius 2 is 2.18 bits per heavy atom. The zero-order chi connectivity index (χ0) is 8.85. The molecule has 0 N–H and O–H groups in total. The van der Waals surface area contributed by atoms with E-state index in [0.29, 0.717) is 4.83 Å². The van der Waals surface area contributed by atoms with E-state index in [1.165, 1.54) is 0 Å². The number of alkyl halides is 1. The van der Waals surface area contributed by atoms with Gasteiger partial charge in [0.2, 0.25) is 5.91 Å². The highest BCUT2D eigenvalue weighted by Crippen LogP contribution is 2.03. The van der Waals surface area contributed by atoms with Crippen LogP contribution >= 0.6 is 15.9 Å². The lowest BCUT2D eigenvalue weighted by atomic mass is 10.3. The number of hydrogen-bond donors (Lipinski definition) is 0. The van der Waals surface area contributed by atoms with Gasteiger partial charge >= 0.3 is 0 Å². The van der Waals surface area contributed by atoms with Gasteiger partial charge in [0.15, 0.2) is 0 Å². The SMILES string of the molecule is CC(Br)C/C=C/C(=O)N(C)C. The Bertz CT molecular complexity index is 152. The minimum atomic E-state index is 0.0400. The maximum Gasteiger partial charge on any atom is 0.245 e. The van der Waals surface area contributed by atoms with E-state index in [1.807, 2.05) is 13.0 Å². The topological polar surface area (TPSA) is 20.3 Å². The van der Waals surface area contributed by atoms with Crippen LogP contribution in [0.3, 0.4) is 0 Å². The average molecular weight is 220 g/mol. The van der Waals surface area contributed by atoms with Crippen molar-refractivity contribution in [1.29, 1.82) is 0 Å². The van der Waals surface area contributed by atoms with Crippen molar-refractivity contribution in [3.05, 3.63) is 12.2 Å². The van der Waals surface area contributed by atoms with E-state index in [-0.39, 0.29) is 5.91 Å². The van der Waals surface area contributed by atoms with E-state index in [1.54, 1.807) is 25.1 Å². The van der Waals surface area contributed by atoms with Crippen LogP contribution in [-0.4, -0.2) is 29.7 Å². The molecule has 0 bridgehead atoms. The lowest BCUT2D eigenvalue weighted by Gasteiger charge is -2.05. The second-order valence-corrected chi connectivity index (χ2v) is 4.21. The third-order valence-corrected chi connectivity index (χ3v) is 1.54. The molecule has 0 spiro atoms. The van der Waals surface area contributed by atoms with Crippen LogP contribution in [0.1, 0.15) is 13.3 Å². The highest BCUT2D eigenvalue weighted by atomic mass is 79.9. The van der Waals surface area contributed by atoms with Gasteiger partial charge in [-0.1, -0.05) is 28.9 Å². The van der Waals surface area contributed by atoms with Gasteiger partial charge in [-0.2, -0.15) is 0 Å². The first kappa shape index (κ1) is 10.7. The van der Waals surface area contributed by atoms with E-state index >= 15 is 0 Å². The van der Waals surface area contributed by atoms with Crippen molar-refractivity contribution in [3.63, 3.8) is 0 Å². The molecule has 64 valence electrons. The molecule has 0 aliphatic heterocycles. The summed E-state index contributed by atoms with van der Waals surface area (Å²) in [6.45, 7) is 2.05. The summed E-state index contributed by atoms with van der Waals surface area (Å²) in [4.78, 5) is 12.9. The lowest BCUT2D eigenvalue weighted by molar-refractivity contribution is -0.123. The van der Waals surface area contributed by atoms with Crippen LogP contribution in [0, 0.1) is 0 Å². The normalized spacial score (nSPS) is 13.5. The molecule has 0 aromatic rings. The molecule has 0 radical (unpaired) electrons. The smallest absolute Gasteiger partial charge is 0.245 e. The molecule has 1 atom stereocenters. The Kier molecular flexibility index (Phi) is 5.20. The zero-order valence-corrected chi connectivity index (χ0v) is 8.76. The van der Waals surface area contributed by atoms with Gasteiger partial charge in [0.1, 0.15) is 0 Å². The van der Waals surface area contributed by atoms with E-state index in [9.17, 15) is 4.79 Å². The Morgan fingerprint density at radius 3 is 2.55 bits per heavy atom. The number of amides is 1. The fourth-order valence-corrected chi connectivity index (χ4v) is 0.721. The molecule has 0 fully saturated rings. The van der Waals surface area contributed by atoms with Crippen molar-refractivity contribution < 1.29 is 4.79 Å². The van der Waals surface area contributed by atoms with Crippen LogP contribution in [0.15, 0.2) is 12.2 Å². The predicted molar refractivity (Wildman–Crippen MR) is 50.8 cm³/mol. The molecule has 11 heavy (non-hydrogen) atoms. The first-order valence-electron chi connectivity index (χ1n) is 3.56. The lowest BCUT2D eigenvalue weighted by Crippen LogP contribution is -2.18. The van der Waals surface area contributed by atoms with E-state index < -0.39 is 0 Å². The number of likely N-dealkylation sites (N-methyl/N-ethyl adjacent to an activating group) is 1. The summed E-state index contributed by atoms with van der Waals surface area (Å²) in [5.74, 6) is 0.0400. The molecular weight excluding hydrogens is 206 g/mol. The van der Waals surface area contributed by atoms with E-state index in [0.717, 1.165) is 6.42 Å². The Morgan fingerprint density at radius 1 is 1.64 bits per heavy atom. The number of nitrogens with zero attached hydrogens (tertiary/aromatic N) is 1. The van der Waals surface area contributed by atoms with Gasteiger partial charge in [-0.25, -0.2) is 0 Å². The first-order chi connectivity index (χ1) is 5.04. The Balaban J connectivity index is 3.66. The Labute approximate surface area is 76.4 Å². The maximum absolute atomic E-state index is 10.9. The summed E-state index contributed by atoms with van der Waals surface area (Å²) in [5, 5.41) is 0. The summed E-state index contributed by atoms with van der Waals surface area (Å²) < 4.78 is 0. The van der Waals surface area contributed by atoms with Crippen LogP contribution in [-0.2, 0) is 4.79 Å². The number of halogens is 1. The number of carbonyl (C=O) groups excluding carboxylic acids is 1. The quantitative estimate of drug-likeness (QED) is 0.524. The summed E-state index contributed by atoms with van der Waals surface area (Å²) >= 11 is 3.39. The second-order valence-electron chi connectivity index (χ2n) is 2.65. The highest BCUT2D eigenvalue weighted by molar-refractivity contribution is 9.09. The molecular formula is C8H14BrNO. The molecule has 0 aromatic carbocycles. The molecule has 3 heteroatoms. The molecule has 1 unspecified atom stereocenters. The molecule has 0 heterocycles. The zero-order valence-electron chi connectivity index (χ0n) is 7.17. The number of rotatable bonds is 3. The van der Waals surface area contributed by atoms with Crippen molar-refractivity contribution in [2.75, 3.05) is 14.1 Å². The average Bonchev–Trinajstić information content (AvgIpc) is 1.86. The molecule has 1 amide bonds. The third kappa shape index (κ3) is 6.10. The van der Waals surface area contributed by atoms with Crippen LogP contribution in [0.5, 0.6) is 0 Å². The summed E-state index contributed by atoms with van der Waals surface area (Å²) in [5.41, 5.74) is 0. The highest BCUT2D eigenvalue weighted by Gasteiger charge is 1.96. The number of hydrogen-bond acceptors (Lipinski definition) is 1. The van der Waals surface area contributed by atoms with Gasteiger partial charge in [-0.05, 0) is 12.5 Å². The summed E-state index contributed by atoms with van der Waals surface area (Å²) in [6.07, 6.45) is 4.36. The van der Waals surface area contributed by atoms with Crippen molar-refractivity contribution in [2.24, 2.45) is 0 Å². The van der Waals surface area contributed by atoms with E-state index in [2.05, 4.69) is 15.9 Å². The van der Waals surface area contributed by atoms with Crippen LogP contribution in [0.4, 0.5) is 0 Å². The first-order valence-corrected chi connectivity index (χ1v) is 4.47. The van der Waals surface area contributed by atoms with Gasteiger partial charge in [-0.15, -0.1) is 0 Å². The van der Waals surface area contributed by atoms with Crippen LogP contribution < -0.4 is 0 Å². The molecule has 0 rings (SSSR count). The number of carbonyl (C=O) groups is 1. The molecule has 2 nitrogen and oxygen atoms in total. The molecule has 0 aliphatic carbocycles. The van der Waals surface area contributed by atoms with Gasteiger partial charge in [0.05, 0.1) is 0 Å². The van der Waals surface area contributed by atoms with Gasteiger partial charge in [0, 0.05) is 18.9 Å². The Hall–Kier alpha value is -0.310. The molecule has 0 aliphatic rings. The van der Waals surface area contributed by atoms with Gasteiger partial charge in [-0.3, -0.25) is 4.79 Å². The summed E-state index contributed by atoms with van der Waals surface area (Å²) in [7, 11) is 3.48. The second kappa shape index (κ2) is 5.35. The van der Waals surface area contributed by atoms with Gasteiger partial charge < -0.3 is 4.90 Å². The van der Waals surface area contributed by atoms with Crippen molar-refractivity contribution >= 4 is 21.8 Å².